The smallest absolute Gasteiger partial charge is 0.273 e. The molecule has 0 saturated carbocycles. The van der Waals surface area contributed by atoms with Crippen LogP contribution in [0, 0.1) is 5.92 Å². The second kappa shape index (κ2) is 7.91. The molecule has 1 atom stereocenters. The van der Waals surface area contributed by atoms with Crippen molar-refractivity contribution in [3.63, 3.8) is 0 Å². The molecule has 0 bridgehead atoms. The molecule has 22 heavy (non-hydrogen) atoms. The molecule has 0 spiro atoms. The van der Waals surface area contributed by atoms with Gasteiger partial charge in [0.15, 0.2) is 5.69 Å². The van der Waals surface area contributed by atoms with E-state index in [1.807, 2.05) is 30.3 Å². The number of nitrogens with one attached hydrogen (secondary N) is 2. The highest BCUT2D eigenvalue weighted by Gasteiger charge is 2.16. The number of carbonyl (C=O) groups excluding carboxylic acids is 1. The van der Waals surface area contributed by atoms with Gasteiger partial charge < -0.3 is 10.6 Å². The summed E-state index contributed by atoms with van der Waals surface area (Å²) in [6, 6.07) is 9.63. The average molecular weight is 322 g/mol. The van der Waals surface area contributed by atoms with Crippen LogP contribution in [0.2, 0.25) is 0 Å². The highest BCUT2D eigenvalue weighted by Crippen LogP contribution is 2.09. The molecule has 2 N–H and O–H groups in total. The van der Waals surface area contributed by atoms with Gasteiger partial charge in [0.25, 0.3) is 5.91 Å². The van der Waals surface area contributed by atoms with Gasteiger partial charge in [-0.2, -0.15) is 0 Å². The molecule has 1 aliphatic heterocycles. The van der Waals surface area contributed by atoms with E-state index in [-0.39, 0.29) is 18.3 Å². The number of halogens is 1. The van der Waals surface area contributed by atoms with E-state index in [4.69, 9.17) is 0 Å². The van der Waals surface area contributed by atoms with Crippen LogP contribution in [0.5, 0.6) is 0 Å². The number of amides is 1. The van der Waals surface area contributed by atoms with Crippen LogP contribution in [0.25, 0.3) is 5.69 Å². The summed E-state index contributed by atoms with van der Waals surface area (Å²) in [5.74, 6) is 0.342. The molecule has 1 fully saturated rings. The molecule has 1 saturated heterocycles. The standard InChI is InChI=1S/C15H19N5O.ClH/c21-15(17-10-12-5-4-8-16-9-12)14-11-20(19-18-14)13-6-2-1-3-7-13;/h1-3,6-7,11-12,16H,4-5,8-10H2,(H,17,21);1H. The number of hydrogen-bond acceptors (Lipinski definition) is 4. The Morgan fingerprint density at radius 2 is 2.18 bits per heavy atom. The van der Waals surface area contributed by atoms with Crippen LogP contribution in [-0.4, -0.2) is 40.5 Å². The minimum atomic E-state index is -0.164. The second-order valence-corrected chi connectivity index (χ2v) is 5.31. The van der Waals surface area contributed by atoms with E-state index < -0.39 is 0 Å². The fourth-order valence-corrected chi connectivity index (χ4v) is 2.50. The molecular formula is C15H20ClN5O. The van der Waals surface area contributed by atoms with E-state index in [0.717, 1.165) is 25.2 Å². The van der Waals surface area contributed by atoms with E-state index in [2.05, 4.69) is 20.9 Å². The molecule has 1 amide bonds. The zero-order chi connectivity index (χ0) is 14.5. The van der Waals surface area contributed by atoms with Crippen molar-refractivity contribution in [2.45, 2.75) is 12.8 Å². The van der Waals surface area contributed by atoms with Gasteiger partial charge in [-0.3, -0.25) is 4.79 Å². The molecule has 118 valence electrons. The maximum Gasteiger partial charge on any atom is 0.273 e. The van der Waals surface area contributed by atoms with Gasteiger partial charge >= 0.3 is 0 Å². The van der Waals surface area contributed by atoms with Crippen LogP contribution >= 0.6 is 12.4 Å². The fraction of sp³-hybridized carbons (Fsp3) is 0.400. The lowest BCUT2D eigenvalue weighted by atomic mass is 10.00. The molecule has 1 aliphatic rings. The number of piperidine rings is 1. The first kappa shape index (κ1) is 16.5. The SMILES string of the molecule is Cl.O=C(NCC1CCCNC1)c1cn(-c2ccccc2)nn1. The van der Waals surface area contributed by atoms with Crippen LogP contribution in [0.4, 0.5) is 0 Å². The Labute approximate surface area is 135 Å². The minimum absolute atomic E-state index is 0. The molecule has 0 radical (unpaired) electrons. The van der Waals surface area contributed by atoms with E-state index >= 15 is 0 Å². The van der Waals surface area contributed by atoms with E-state index in [0.29, 0.717) is 18.2 Å². The fourth-order valence-electron chi connectivity index (χ4n) is 2.50. The number of aromatic nitrogens is 3. The predicted octanol–water partition coefficient (Wildman–Crippen LogP) is 1.42. The quantitative estimate of drug-likeness (QED) is 0.893. The maximum absolute atomic E-state index is 12.1. The number of hydrogen-bond donors (Lipinski definition) is 2. The van der Waals surface area contributed by atoms with Crippen molar-refractivity contribution >= 4 is 18.3 Å². The first-order valence-electron chi connectivity index (χ1n) is 7.29. The molecule has 7 heteroatoms. The lowest BCUT2D eigenvalue weighted by Gasteiger charge is -2.22. The van der Waals surface area contributed by atoms with Gasteiger partial charge in [-0.05, 0) is 44.0 Å². The van der Waals surface area contributed by atoms with Crippen LogP contribution in [0.1, 0.15) is 23.3 Å². The molecule has 1 aromatic carbocycles. The lowest BCUT2D eigenvalue weighted by Crippen LogP contribution is -2.38. The zero-order valence-electron chi connectivity index (χ0n) is 12.2. The van der Waals surface area contributed by atoms with Gasteiger partial charge in [-0.1, -0.05) is 23.4 Å². The average Bonchev–Trinajstić information content (AvgIpc) is 3.04. The first-order valence-corrected chi connectivity index (χ1v) is 7.29. The Hall–Kier alpha value is -1.92. The van der Waals surface area contributed by atoms with Gasteiger partial charge in [0, 0.05) is 6.54 Å². The summed E-state index contributed by atoms with van der Waals surface area (Å²) < 4.78 is 1.61. The van der Waals surface area contributed by atoms with Crippen LogP contribution in [0.3, 0.4) is 0 Å². The zero-order valence-corrected chi connectivity index (χ0v) is 13.1. The molecule has 0 aliphatic carbocycles. The summed E-state index contributed by atoms with van der Waals surface area (Å²) in [4.78, 5) is 12.1. The maximum atomic E-state index is 12.1. The lowest BCUT2D eigenvalue weighted by molar-refractivity contribution is 0.0939. The van der Waals surface area contributed by atoms with Crippen LogP contribution < -0.4 is 10.6 Å². The summed E-state index contributed by atoms with van der Waals surface area (Å²) in [6.07, 6.45) is 3.98. The molecule has 3 rings (SSSR count). The Bertz CT molecular complexity index is 595. The van der Waals surface area contributed by atoms with Crippen molar-refractivity contribution in [3.05, 3.63) is 42.2 Å². The number of nitrogens with zero attached hydrogens (tertiary/aromatic N) is 3. The monoisotopic (exact) mass is 321 g/mol. The van der Waals surface area contributed by atoms with Crippen molar-refractivity contribution < 1.29 is 4.79 Å². The molecular weight excluding hydrogens is 302 g/mol. The molecule has 2 heterocycles. The van der Waals surface area contributed by atoms with Crippen LogP contribution in [0.15, 0.2) is 36.5 Å². The van der Waals surface area contributed by atoms with Crippen molar-refractivity contribution in [1.29, 1.82) is 0 Å². The highest BCUT2D eigenvalue weighted by atomic mass is 35.5. The third-order valence-electron chi connectivity index (χ3n) is 3.70. The van der Waals surface area contributed by atoms with Gasteiger partial charge in [0.1, 0.15) is 0 Å². The molecule has 6 nitrogen and oxygen atoms in total. The number of carbonyl (C=O) groups is 1. The number of benzene rings is 1. The van der Waals surface area contributed by atoms with Crippen molar-refractivity contribution in [1.82, 2.24) is 25.6 Å². The van der Waals surface area contributed by atoms with Crippen molar-refractivity contribution in [2.75, 3.05) is 19.6 Å². The predicted molar refractivity (Wildman–Crippen MR) is 86.5 cm³/mol. The second-order valence-electron chi connectivity index (χ2n) is 5.31. The largest absolute Gasteiger partial charge is 0.350 e. The Balaban J connectivity index is 0.00000176. The number of para-hydroxylation sites is 1. The molecule has 1 aromatic heterocycles. The summed E-state index contributed by atoms with van der Waals surface area (Å²) in [5.41, 5.74) is 1.24. The summed E-state index contributed by atoms with van der Waals surface area (Å²) in [7, 11) is 0. The Kier molecular flexibility index (Phi) is 5.91. The third kappa shape index (κ3) is 4.05. The van der Waals surface area contributed by atoms with E-state index in [1.54, 1.807) is 10.9 Å². The van der Waals surface area contributed by atoms with Gasteiger partial charge in [-0.15, -0.1) is 17.5 Å². The molecule has 2 aromatic rings. The van der Waals surface area contributed by atoms with Gasteiger partial charge in [-0.25, -0.2) is 4.68 Å². The Morgan fingerprint density at radius 3 is 2.91 bits per heavy atom. The van der Waals surface area contributed by atoms with E-state index in [9.17, 15) is 4.79 Å². The summed E-state index contributed by atoms with van der Waals surface area (Å²) in [6.45, 7) is 2.73. The van der Waals surface area contributed by atoms with Crippen LogP contribution in [-0.2, 0) is 0 Å². The Morgan fingerprint density at radius 1 is 1.36 bits per heavy atom. The van der Waals surface area contributed by atoms with Gasteiger partial charge in [0.05, 0.1) is 11.9 Å². The highest BCUT2D eigenvalue weighted by molar-refractivity contribution is 5.91. The van der Waals surface area contributed by atoms with Crippen molar-refractivity contribution in [2.24, 2.45) is 5.92 Å². The van der Waals surface area contributed by atoms with Crippen molar-refractivity contribution in [3.8, 4) is 5.69 Å². The topological polar surface area (TPSA) is 71.8 Å². The summed E-state index contributed by atoms with van der Waals surface area (Å²) >= 11 is 0. The first-order chi connectivity index (χ1) is 10.3. The normalized spacial score (nSPS) is 17.5. The van der Waals surface area contributed by atoms with Gasteiger partial charge in [0.2, 0.25) is 0 Å². The molecule has 1 unspecified atom stereocenters. The summed E-state index contributed by atoms with van der Waals surface area (Å²) in [5, 5.41) is 14.2. The van der Waals surface area contributed by atoms with E-state index in [1.165, 1.54) is 6.42 Å². The minimum Gasteiger partial charge on any atom is -0.350 e. The number of rotatable bonds is 4. The third-order valence-corrected chi connectivity index (χ3v) is 3.70.